The number of carbonyl (C=O) groups is 1. The Kier molecular flexibility index (Phi) is 3.99. The number of halogens is 2. The predicted octanol–water partition coefficient (Wildman–Crippen LogP) is 2.82. The van der Waals surface area contributed by atoms with E-state index < -0.39 is 23.3 Å². The maximum atomic E-state index is 13.2. The minimum absolute atomic E-state index is 0.128. The van der Waals surface area contributed by atoms with Gasteiger partial charge in [0.1, 0.15) is 5.56 Å². The maximum absolute atomic E-state index is 13.2. The summed E-state index contributed by atoms with van der Waals surface area (Å²) in [5.74, 6) is -3.47. The smallest absolute Gasteiger partial charge is 0.341 e. The van der Waals surface area contributed by atoms with Crippen LogP contribution in [-0.2, 0) is 11.2 Å². The van der Waals surface area contributed by atoms with Gasteiger partial charge in [-0.15, -0.1) is 11.3 Å². The molecule has 2 heterocycles. The molecule has 0 unspecified atom stereocenters. The van der Waals surface area contributed by atoms with Crippen LogP contribution in [0.25, 0.3) is 0 Å². The first-order valence-corrected chi connectivity index (χ1v) is 6.06. The second-order valence-corrected chi connectivity index (χ2v) is 4.46. The van der Waals surface area contributed by atoms with Crippen molar-refractivity contribution in [3.63, 3.8) is 0 Å². The van der Waals surface area contributed by atoms with Crippen molar-refractivity contribution in [3.8, 4) is 0 Å². The van der Waals surface area contributed by atoms with Crippen LogP contribution in [0.15, 0.2) is 29.8 Å². The topological polar surface area (TPSA) is 39.2 Å². The van der Waals surface area contributed by atoms with Gasteiger partial charge in [0.2, 0.25) is 5.95 Å². The van der Waals surface area contributed by atoms with Crippen LogP contribution in [0.3, 0.4) is 0 Å². The van der Waals surface area contributed by atoms with Gasteiger partial charge in [0.25, 0.3) is 0 Å². The van der Waals surface area contributed by atoms with E-state index in [1.54, 1.807) is 11.3 Å². The molecule has 0 radical (unpaired) electrons. The predicted molar refractivity (Wildman–Crippen MR) is 62.5 cm³/mol. The standard InChI is InChI=1S/C12H9F2NO2S/c13-10-9(3-5-15-11(10)14)12(16)17-6-4-8-2-1-7-18-8/h1-3,5,7H,4,6H2. The summed E-state index contributed by atoms with van der Waals surface area (Å²) in [6, 6.07) is 4.89. The molecular weight excluding hydrogens is 260 g/mol. The summed E-state index contributed by atoms with van der Waals surface area (Å²) in [4.78, 5) is 15.6. The van der Waals surface area contributed by atoms with E-state index in [0.717, 1.165) is 17.1 Å². The van der Waals surface area contributed by atoms with Gasteiger partial charge in [-0.05, 0) is 17.5 Å². The molecule has 18 heavy (non-hydrogen) atoms. The van der Waals surface area contributed by atoms with Gasteiger partial charge in [0.05, 0.1) is 6.61 Å². The van der Waals surface area contributed by atoms with Gasteiger partial charge < -0.3 is 4.74 Å². The van der Waals surface area contributed by atoms with Crippen molar-refractivity contribution in [2.24, 2.45) is 0 Å². The molecule has 0 aliphatic heterocycles. The van der Waals surface area contributed by atoms with E-state index in [1.165, 1.54) is 0 Å². The molecule has 0 saturated carbocycles. The summed E-state index contributed by atoms with van der Waals surface area (Å²) in [6.45, 7) is 0.128. The van der Waals surface area contributed by atoms with Gasteiger partial charge in [-0.1, -0.05) is 6.07 Å². The molecule has 2 aromatic heterocycles. The molecule has 2 rings (SSSR count). The van der Waals surface area contributed by atoms with Crippen molar-refractivity contribution in [3.05, 3.63) is 52.0 Å². The Balaban J connectivity index is 1.93. The summed E-state index contributed by atoms with van der Waals surface area (Å²) < 4.78 is 30.9. The van der Waals surface area contributed by atoms with Crippen LogP contribution < -0.4 is 0 Å². The van der Waals surface area contributed by atoms with Crippen molar-refractivity contribution >= 4 is 17.3 Å². The number of carbonyl (C=O) groups excluding carboxylic acids is 1. The molecule has 94 valence electrons. The van der Waals surface area contributed by atoms with Crippen molar-refractivity contribution < 1.29 is 18.3 Å². The minimum atomic E-state index is -1.30. The number of aromatic nitrogens is 1. The fourth-order valence-corrected chi connectivity index (χ4v) is 2.04. The van der Waals surface area contributed by atoms with Crippen LogP contribution in [0.2, 0.25) is 0 Å². The third-order valence-electron chi connectivity index (χ3n) is 2.23. The molecule has 0 aliphatic rings. The fourth-order valence-electron chi connectivity index (χ4n) is 1.35. The number of rotatable bonds is 4. The van der Waals surface area contributed by atoms with Crippen molar-refractivity contribution in [1.29, 1.82) is 0 Å². The first-order chi connectivity index (χ1) is 8.68. The maximum Gasteiger partial charge on any atom is 0.341 e. The second-order valence-electron chi connectivity index (χ2n) is 3.43. The molecule has 2 aromatic rings. The number of pyridine rings is 1. The highest BCUT2D eigenvalue weighted by Gasteiger charge is 2.17. The van der Waals surface area contributed by atoms with Crippen LogP contribution in [0.1, 0.15) is 15.2 Å². The fraction of sp³-hybridized carbons (Fsp3) is 0.167. The van der Waals surface area contributed by atoms with Gasteiger partial charge in [-0.25, -0.2) is 14.2 Å². The number of thiophene rings is 1. The summed E-state index contributed by atoms with van der Waals surface area (Å²) in [5.41, 5.74) is -0.436. The third kappa shape index (κ3) is 2.89. The molecule has 0 aliphatic carbocycles. The Morgan fingerprint density at radius 3 is 2.94 bits per heavy atom. The van der Waals surface area contributed by atoms with Gasteiger partial charge in [0, 0.05) is 17.5 Å². The normalized spacial score (nSPS) is 10.3. The average molecular weight is 269 g/mol. The van der Waals surface area contributed by atoms with Gasteiger partial charge in [0.15, 0.2) is 5.82 Å². The van der Waals surface area contributed by atoms with Gasteiger partial charge >= 0.3 is 5.97 Å². The molecular formula is C12H9F2NO2S. The summed E-state index contributed by atoms with van der Waals surface area (Å²) >= 11 is 1.54. The van der Waals surface area contributed by atoms with Crippen molar-refractivity contribution in [1.82, 2.24) is 4.98 Å². The first kappa shape index (κ1) is 12.6. The average Bonchev–Trinajstić information content (AvgIpc) is 2.85. The molecule has 0 saturated heterocycles. The molecule has 0 N–H and O–H groups in total. The van der Waals surface area contributed by atoms with Crippen LogP contribution in [0, 0.1) is 11.8 Å². The zero-order valence-corrected chi connectivity index (χ0v) is 10.0. The third-order valence-corrected chi connectivity index (χ3v) is 3.16. The molecule has 0 atom stereocenters. The van der Waals surface area contributed by atoms with E-state index in [-0.39, 0.29) is 6.61 Å². The summed E-state index contributed by atoms with van der Waals surface area (Å²) in [5, 5.41) is 1.91. The van der Waals surface area contributed by atoms with Crippen molar-refractivity contribution in [2.45, 2.75) is 6.42 Å². The van der Waals surface area contributed by atoms with E-state index in [2.05, 4.69) is 4.98 Å². The van der Waals surface area contributed by atoms with E-state index in [0.29, 0.717) is 6.42 Å². The number of hydrogen-bond donors (Lipinski definition) is 0. The largest absolute Gasteiger partial charge is 0.462 e. The summed E-state index contributed by atoms with van der Waals surface area (Å²) in [7, 11) is 0. The lowest BCUT2D eigenvalue weighted by molar-refractivity contribution is 0.0503. The Hall–Kier alpha value is -1.82. The summed E-state index contributed by atoms with van der Waals surface area (Å²) in [6.07, 6.45) is 1.58. The van der Waals surface area contributed by atoms with Gasteiger partial charge in [-0.3, -0.25) is 0 Å². The molecule has 0 amide bonds. The van der Waals surface area contributed by atoms with E-state index in [9.17, 15) is 13.6 Å². The Bertz CT molecular complexity index is 543. The van der Waals surface area contributed by atoms with E-state index >= 15 is 0 Å². The molecule has 3 nitrogen and oxygen atoms in total. The lowest BCUT2D eigenvalue weighted by atomic mass is 10.2. The van der Waals surface area contributed by atoms with Crippen LogP contribution in [0.5, 0.6) is 0 Å². The Morgan fingerprint density at radius 1 is 1.39 bits per heavy atom. The van der Waals surface area contributed by atoms with Crippen molar-refractivity contribution in [2.75, 3.05) is 6.61 Å². The zero-order chi connectivity index (χ0) is 13.0. The Labute approximate surface area is 106 Å². The highest BCUT2D eigenvalue weighted by Crippen LogP contribution is 2.12. The number of hydrogen-bond acceptors (Lipinski definition) is 4. The minimum Gasteiger partial charge on any atom is -0.462 e. The van der Waals surface area contributed by atoms with Crippen LogP contribution >= 0.6 is 11.3 Å². The first-order valence-electron chi connectivity index (χ1n) is 5.18. The number of esters is 1. The zero-order valence-electron chi connectivity index (χ0n) is 9.23. The molecule has 0 aromatic carbocycles. The van der Waals surface area contributed by atoms with Crippen LogP contribution in [-0.4, -0.2) is 17.6 Å². The van der Waals surface area contributed by atoms with Crippen LogP contribution in [0.4, 0.5) is 8.78 Å². The Morgan fingerprint density at radius 2 is 2.22 bits per heavy atom. The van der Waals surface area contributed by atoms with E-state index in [4.69, 9.17) is 4.74 Å². The monoisotopic (exact) mass is 269 g/mol. The van der Waals surface area contributed by atoms with E-state index in [1.807, 2.05) is 17.5 Å². The lowest BCUT2D eigenvalue weighted by Crippen LogP contribution is -2.11. The molecule has 0 fully saturated rings. The highest BCUT2D eigenvalue weighted by molar-refractivity contribution is 7.09. The quantitative estimate of drug-likeness (QED) is 0.633. The van der Waals surface area contributed by atoms with Gasteiger partial charge in [-0.2, -0.15) is 4.39 Å². The molecule has 6 heteroatoms. The molecule has 0 bridgehead atoms. The lowest BCUT2D eigenvalue weighted by Gasteiger charge is -2.04. The molecule has 0 spiro atoms. The SMILES string of the molecule is O=C(OCCc1cccs1)c1ccnc(F)c1F. The highest BCUT2D eigenvalue weighted by atomic mass is 32.1. The second kappa shape index (κ2) is 5.68. The number of nitrogens with zero attached hydrogens (tertiary/aromatic N) is 1. The number of ether oxygens (including phenoxy) is 1.